The minimum Gasteiger partial charge on any atom is -0.508 e. The molecule has 2 aromatic rings. The quantitative estimate of drug-likeness (QED) is 0.331. The zero-order chi connectivity index (χ0) is 27.9. The molecule has 0 heterocycles. The third kappa shape index (κ3) is 15.2. The smallest absolute Gasteiger partial charge is 0.490 e. The van der Waals surface area contributed by atoms with E-state index in [0.29, 0.717) is 13.0 Å². The maximum absolute atomic E-state index is 11.5. The molecule has 8 nitrogen and oxygen atoms in total. The second kappa shape index (κ2) is 15.2. The summed E-state index contributed by atoms with van der Waals surface area (Å²) in [5, 5.41) is 26.9. The number of rotatable bonds is 8. The van der Waals surface area contributed by atoms with Crippen LogP contribution in [0.5, 0.6) is 5.75 Å². The first-order valence-corrected chi connectivity index (χ1v) is 9.98. The maximum Gasteiger partial charge on any atom is 0.490 e. The first-order chi connectivity index (χ1) is 16.5. The molecule has 14 heteroatoms. The van der Waals surface area contributed by atoms with E-state index in [1.165, 1.54) is 5.56 Å². The van der Waals surface area contributed by atoms with E-state index in [1.807, 2.05) is 42.5 Å². The number of aromatic hydroxyl groups is 1. The highest BCUT2D eigenvalue weighted by molar-refractivity contribution is 5.79. The largest absolute Gasteiger partial charge is 0.508 e. The summed E-state index contributed by atoms with van der Waals surface area (Å²) in [6.07, 6.45) is -7.93. The van der Waals surface area contributed by atoms with Crippen molar-refractivity contribution >= 4 is 17.8 Å². The van der Waals surface area contributed by atoms with Crippen LogP contribution in [-0.2, 0) is 27.2 Å². The Hall–Kier alpha value is -3.81. The van der Waals surface area contributed by atoms with Crippen molar-refractivity contribution in [1.29, 1.82) is 0 Å². The summed E-state index contributed by atoms with van der Waals surface area (Å²) in [4.78, 5) is 29.3. The Morgan fingerprint density at radius 3 is 1.69 bits per heavy atom. The molecule has 1 unspecified atom stereocenters. The SMILES string of the molecule is NC(=O)C(CCc1ccccc1)NCCc1cccc(O)c1.O=C(O)C(F)(F)F.O=C(O)C(F)(F)F. The van der Waals surface area contributed by atoms with Gasteiger partial charge in [-0.15, -0.1) is 0 Å². The molecule has 0 aliphatic rings. The van der Waals surface area contributed by atoms with Crippen molar-refractivity contribution in [2.45, 2.75) is 37.7 Å². The number of carbonyl (C=O) groups excluding carboxylic acids is 1. The van der Waals surface area contributed by atoms with Crippen LogP contribution in [0.25, 0.3) is 0 Å². The van der Waals surface area contributed by atoms with Gasteiger partial charge in [-0.1, -0.05) is 42.5 Å². The second-order valence-corrected chi connectivity index (χ2v) is 6.96. The number of phenols is 1. The van der Waals surface area contributed by atoms with Gasteiger partial charge < -0.3 is 26.4 Å². The topological polar surface area (TPSA) is 150 Å². The molecule has 0 saturated heterocycles. The molecule has 0 aliphatic carbocycles. The third-order valence-corrected chi connectivity index (χ3v) is 4.11. The van der Waals surface area contributed by atoms with E-state index in [4.69, 9.17) is 25.5 Å². The summed E-state index contributed by atoms with van der Waals surface area (Å²) in [5.41, 5.74) is 7.69. The lowest BCUT2D eigenvalue weighted by Crippen LogP contribution is -2.42. The van der Waals surface area contributed by atoms with Gasteiger partial charge in [-0.05, 0) is 49.1 Å². The molecule has 0 bridgehead atoms. The van der Waals surface area contributed by atoms with Crippen LogP contribution in [0.4, 0.5) is 26.3 Å². The van der Waals surface area contributed by atoms with Crippen molar-refractivity contribution in [1.82, 2.24) is 5.32 Å². The minimum atomic E-state index is -5.08. The van der Waals surface area contributed by atoms with E-state index in [0.717, 1.165) is 18.4 Å². The third-order valence-electron chi connectivity index (χ3n) is 4.11. The van der Waals surface area contributed by atoms with Crippen molar-refractivity contribution < 1.29 is 56.0 Å². The van der Waals surface area contributed by atoms with E-state index in [1.54, 1.807) is 12.1 Å². The number of carbonyl (C=O) groups is 3. The molecule has 0 saturated carbocycles. The van der Waals surface area contributed by atoms with Crippen LogP contribution >= 0.6 is 0 Å². The molecule has 0 aromatic heterocycles. The zero-order valence-electron chi connectivity index (χ0n) is 18.5. The number of hydrogen-bond acceptors (Lipinski definition) is 5. The van der Waals surface area contributed by atoms with Crippen LogP contribution in [-0.4, -0.2) is 58.1 Å². The van der Waals surface area contributed by atoms with Crippen molar-refractivity contribution in [2.75, 3.05) is 6.54 Å². The summed E-state index contributed by atoms with van der Waals surface area (Å²) in [7, 11) is 0. The van der Waals surface area contributed by atoms with E-state index in [2.05, 4.69) is 5.32 Å². The fraction of sp³-hybridized carbons (Fsp3) is 0.318. The number of phenolic OH excluding ortho intramolecular Hbond substituents is 1. The van der Waals surface area contributed by atoms with Gasteiger partial charge in [0.25, 0.3) is 0 Å². The number of alkyl halides is 6. The molecule has 0 fully saturated rings. The Labute approximate surface area is 201 Å². The number of amides is 1. The highest BCUT2D eigenvalue weighted by Crippen LogP contribution is 2.14. The number of halogens is 6. The monoisotopic (exact) mass is 526 g/mol. The molecular weight excluding hydrogens is 502 g/mol. The van der Waals surface area contributed by atoms with E-state index in [-0.39, 0.29) is 17.7 Å². The number of nitrogens with one attached hydrogen (secondary N) is 1. The number of carboxylic acids is 2. The summed E-state index contributed by atoms with van der Waals surface area (Å²) >= 11 is 0. The molecule has 0 spiro atoms. The Morgan fingerprint density at radius 1 is 0.806 bits per heavy atom. The van der Waals surface area contributed by atoms with Gasteiger partial charge in [0.2, 0.25) is 5.91 Å². The first-order valence-electron chi connectivity index (χ1n) is 9.98. The second-order valence-electron chi connectivity index (χ2n) is 6.96. The van der Waals surface area contributed by atoms with Gasteiger partial charge >= 0.3 is 24.3 Å². The van der Waals surface area contributed by atoms with Gasteiger partial charge in [-0.25, -0.2) is 9.59 Å². The van der Waals surface area contributed by atoms with Gasteiger partial charge in [0.15, 0.2) is 0 Å². The number of aryl methyl sites for hydroxylation is 1. The Balaban J connectivity index is 0.000000720. The number of hydrogen-bond donors (Lipinski definition) is 5. The first kappa shape index (κ1) is 32.2. The Morgan fingerprint density at radius 2 is 1.28 bits per heavy atom. The highest BCUT2D eigenvalue weighted by atomic mass is 19.4. The van der Waals surface area contributed by atoms with Gasteiger partial charge in [0.05, 0.1) is 6.04 Å². The van der Waals surface area contributed by atoms with Crippen molar-refractivity contribution in [3.8, 4) is 5.75 Å². The van der Waals surface area contributed by atoms with Gasteiger partial charge in [-0.2, -0.15) is 26.3 Å². The maximum atomic E-state index is 11.5. The molecule has 2 rings (SSSR count). The summed E-state index contributed by atoms with van der Waals surface area (Å²) in [6, 6.07) is 16.8. The average molecular weight is 526 g/mol. The molecule has 0 radical (unpaired) electrons. The predicted octanol–water partition coefficient (Wildman–Crippen LogP) is 3.28. The summed E-state index contributed by atoms with van der Waals surface area (Å²) < 4.78 is 63.5. The predicted molar refractivity (Wildman–Crippen MR) is 115 cm³/mol. The molecule has 36 heavy (non-hydrogen) atoms. The van der Waals surface area contributed by atoms with E-state index >= 15 is 0 Å². The highest BCUT2D eigenvalue weighted by Gasteiger charge is 2.38. The number of aliphatic carboxylic acids is 2. The lowest BCUT2D eigenvalue weighted by molar-refractivity contribution is -0.193. The van der Waals surface area contributed by atoms with E-state index in [9.17, 15) is 36.2 Å². The normalized spacial score (nSPS) is 11.7. The van der Waals surface area contributed by atoms with E-state index < -0.39 is 24.3 Å². The molecule has 6 N–H and O–H groups in total. The summed E-state index contributed by atoms with van der Waals surface area (Å²) in [5.74, 6) is -5.58. The lowest BCUT2D eigenvalue weighted by Gasteiger charge is -2.15. The minimum absolute atomic E-state index is 0.257. The van der Waals surface area contributed by atoms with Gasteiger partial charge in [0.1, 0.15) is 5.75 Å². The van der Waals surface area contributed by atoms with Crippen LogP contribution in [0.2, 0.25) is 0 Å². The molecular formula is C22H24F6N2O6. The number of benzene rings is 2. The standard InChI is InChI=1S/C18H22N2O2.2C2HF3O2/c19-18(22)17(10-9-14-5-2-1-3-6-14)20-12-11-15-7-4-8-16(21)13-15;2*3-2(4,5)1(6)7/h1-8,13,17,20-21H,9-12H2,(H2,19,22);2*(H,6,7). The molecule has 1 amide bonds. The van der Waals surface area contributed by atoms with Crippen molar-refractivity contribution in [3.63, 3.8) is 0 Å². The van der Waals surface area contributed by atoms with Crippen molar-refractivity contribution in [2.24, 2.45) is 5.73 Å². The molecule has 1 atom stereocenters. The molecule has 2 aromatic carbocycles. The summed E-state index contributed by atoms with van der Waals surface area (Å²) in [6.45, 7) is 0.645. The zero-order valence-corrected chi connectivity index (χ0v) is 18.5. The Kier molecular flexibility index (Phi) is 13.6. The van der Waals surface area contributed by atoms with Crippen LogP contribution in [0, 0.1) is 0 Å². The van der Waals surface area contributed by atoms with Gasteiger partial charge in [-0.3, -0.25) is 4.79 Å². The number of primary amides is 1. The average Bonchev–Trinajstić information content (AvgIpc) is 2.76. The fourth-order valence-corrected chi connectivity index (χ4v) is 2.40. The number of carboxylic acid groups (broad SMARTS) is 2. The van der Waals surface area contributed by atoms with Crippen molar-refractivity contribution in [3.05, 3.63) is 65.7 Å². The fourth-order valence-electron chi connectivity index (χ4n) is 2.40. The number of nitrogens with two attached hydrogens (primary N) is 1. The van der Waals surface area contributed by atoms with Gasteiger partial charge in [0, 0.05) is 0 Å². The van der Waals surface area contributed by atoms with Crippen LogP contribution in [0.1, 0.15) is 17.5 Å². The van der Waals surface area contributed by atoms with Crippen LogP contribution in [0.3, 0.4) is 0 Å². The van der Waals surface area contributed by atoms with Crippen LogP contribution < -0.4 is 11.1 Å². The molecule has 200 valence electrons. The Bertz CT molecular complexity index is 943. The molecule has 0 aliphatic heterocycles. The lowest BCUT2D eigenvalue weighted by atomic mass is 10.0. The van der Waals surface area contributed by atoms with Crippen LogP contribution in [0.15, 0.2) is 54.6 Å².